The van der Waals surface area contributed by atoms with Crippen LogP contribution in [-0.2, 0) is 17.9 Å². The zero-order valence-electron chi connectivity index (χ0n) is 17.2. The molecule has 2 aromatic rings. The average molecular weight is 394 g/mol. The number of amides is 1. The van der Waals surface area contributed by atoms with E-state index in [1.54, 1.807) is 0 Å². The van der Waals surface area contributed by atoms with Gasteiger partial charge in [0.05, 0.1) is 13.1 Å². The number of guanidine groups is 1. The zero-order chi connectivity index (χ0) is 20.3. The highest BCUT2D eigenvalue weighted by Crippen LogP contribution is 2.13. The molecule has 0 atom stereocenters. The first kappa shape index (κ1) is 20.9. The fraction of sp³-hybridized carbons (Fsp3) is 0.391. The van der Waals surface area contributed by atoms with Gasteiger partial charge in [-0.3, -0.25) is 9.69 Å². The van der Waals surface area contributed by atoms with Gasteiger partial charge in [0.1, 0.15) is 0 Å². The molecular formula is C23H31N5O. The summed E-state index contributed by atoms with van der Waals surface area (Å²) in [5, 5.41) is 9.14. The van der Waals surface area contributed by atoms with Gasteiger partial charge in [-0.25, -0.2) is 4.99 Å². The topological polar surface area (TPSA) is 68.8 Å². The second-order valence-electron chi connectivity index (χ2n) is 7.26. The molecule has 1 heterocycles. The third kappa shape index (κ3) is 7.23. The molecule has 3 rings (SSSR count). The predicted octanol–water partition coefficient (Wildman–Crippen LogP) is 2.98. The third-order valence-corrected chi connectivity index (χ3v) is 4.87. The summed E-state index contributed by atoms with van der Waals surface area (Å²) in [4.78, 5) is 19.2. The number of benzene rings is 2. The largest absolute Gasteiger partial charge is 0.357 e. The Kier molecular flexibility index (Phi) is 8.07. The van der Waals surface area contributed by atoms with Crippen molar-refractivity contribution in [2.24, 2.45) is 4.99 Å². The highest BCUT2D eigenvalue weighted by atomic mass is 16.1. The number of rotatable bonds is 8. The predicted molar refractivity (Wildman–Crippen MR) is 119 cm³/mol. The summed E-state index contributed by atoms with van der Waals surface area (Å²) in [5.41, 5.74) is 3.29. The molecule has 1 fully saturated rings. The van der Waals surface area contributed by atoms with Gasteiger partial charge >= 0.3 is 0 Å². The fourth-order valence-corrected chi connectivity index (χ4v) is 3.35. The highest BCUT2D eigenvalue weighted by Gasteiger charge is 2.11. The quantitative estimate of drug-likeness (QED) is 0.476. The number of hydrogen-bond donors (Lipinski definition) is 3. The van der Waals surface area contributed by atoms with Gasteiger partial charge in [-0.15, -0.1) is 0 Å². The van der Waals surface area contributed by atoms with Gasteiger partial charge in [0.25, 0.3) is 0 Å². The minimum Gasteiger partial charge on any atom is -0.357 e. The summed E-state index contributed by atoms with van der Waals surface area (Å²) < 4.78 is 0. The van der Waals surface area contributed by atoms with Crippen molar-refractivity contribution in [3.05, 3.63) is 65.7 Å². The van der Waals surface area contributed by atoms with Crippen LogP contribution in [0.5, 0.6) is 0 Å². The molecule has 0 spiro atoms. The molecule has 29 heavy (non-hydrogen) atoms. The van der Waals surface area contributed by atoms with Crippen molar-refractivity contribution in [3.63, 3.8) is 0 Å². The molecular weight excluding hydrogens is 362 g/mol. The zero-order valence-corrected chi connectivity index (χ0v) is 17.2. The van der Waals surface area contributed by atoms with Gasteiger partial charge in [-0.05, 0) is 56.1 Å². The smallest absolute Gasteiger partial charge is 0.243 e. The molecule has 6 nitrogen and oxygen atoms in total. The van der Waals surface area contributed by atoms with Gasteiger partial charge in [0.2, 0.25) is 5.91 Å². The lowest BCUT2D eigenvalue weighted by Crippen LogP contribution is -2.41. The van der Waals surface area contributed by atoms with Crippen molar-refractivity contribution in [1.82, 2.24) is 15.5 Å². The molecule has 0 radical (unpaired) electrons. The molecule has 0 bridgehead atoms. The molecule has 2 aromatic carbocycles. The molecule has 1 amide bonds. The van der Waals surface area contributed by atoms with E-state index in [0.29, 0.717) is 12.5 Å². The Hall–Kier alpha value is -2.86. The number of anilines is 1. The van der Waals surface area contributed by atoms with E-state index in [2.05, 4.69) is 50.1 Å². The molecule has 3 N–H and O–H groups in total. The van der Waals surface area contributed by atoms with E-state index < -0.39 is 0 Å². The summed E-state index contributed by atoms with van der Waals surface area (Å²) in [7, 11) is 0. The Morgan fingerprint density at radius 2 is 1.66 bits per heavy atom. The molecule has 1 saturated heterocycles. The maximum atomic E-state index is 12.1. The molecule has 1 aliphatic rings. The van der Waals surface area contributed by atoms with E-state index in [-0.39, 0.29) is 12.5 Å². The van der Waals surface area contributed by atoms with Crippen molar-refractivity contribution < 1.29 is 4.79 Å². The average Bonchev–Trinajstić information content (AvgIpc) is 3.25. The Labute approximate surface area is 173 Å². The van der Waals surface area contributed by atoms with E-state index in [1.807, 2.05) is 37.3 Å². The SMILES string of the molecule is CCNC(=NCc1ccc(CN2CCCC2)cc1)NCC(=O)Nc1ccccc1. The number of likely N-dealkylation sites (tertiary alicyclic amines) is 1. The molecule has 0 saturated carbocycles. The van der Waals surface area contributed by atoms with Crippen LogP contribution in [0.3, 0.4) is 0 Å². The van der Waals surface area contributed by atoms with E-state index in [9.17, 15) is 4.79 Å². The normalized spacial score (nSPS) is 14.6. The Bertz CT molecular complexity index is 783. The van der Waals surface area contributed by atoms with Crippen molar-refractivity contribution >= 4 is 17.6 Å². The van der Waals surface area contributed by atoms with Gasteiger partial charge in [0, 0.05) is 18.8 Å². The van der Waals surface area contributed by atoms with E-state index in [0.717, 1.165) is 24.3 Å². The molecule has 6 heteroatoms. The minimum atomic E-state index is -0.104. The van der Waals surface area contributed by atoms with Crippen LogP contribution in [0.15, 0.2) is 59.6 Å². The fourth-order valence-electron chi connectivity index (χ4n) is 3.35. The number of para-hydroxylation sites is 1. The second-order valence-corrected chi connectivity index (χ2v) is 7.26. The van der Waals surface area contributed by atoms with Crippen molar-refractivity contribution in [3.8, 4) is 0 Å². The van der Waals surface area contributed by atoms with Crippen molar-refractivity contribution in [2.75, 3.05) is 31.5 Å². The molecule has 1 aliphatic heterocycles. The molecule has 0 aromatic heterocycles. The lowest BCUT2D eigenvalue weighted by molar-refractivity contribution is -0.115. The van der Waals surface area contributed by atoms with Crippen LogP contribution in [0.2, 0.25) is 0 Å². The molecule has 0 unspecified atom stereocenters. The number of nitrogens with zero attached hydrogens (tertiary/aromatic N) is 2. The first-order valence-corrected chi connectivity index (χ1v) is 10.4. The van der Waals surface area contributed by atoms with Gasteiger partial charge in [-0.1, -0.05) is 42.5 Å². The second kappa shape index (κ2) is 11.2. The van der Waals surface area contributed by atoms with Crippen LogP contribution in [0.25, 0.3) is 0 Å². The van der Waals surface area contributed by atoms with E-state index in [1.165, 1.54) is 31.5 Å². The molecule has 154 valence electrons. The third-order valence-electron chi connectivity index (χ3n) is 4.87. The Balaban J connectivity index is 1.48. The number of carbonyl (C=O) groups is 1. The number of nitrogens with one attached hydrogen (secondary N) is 3. The lowest BCUT2D eigenvalue weighted by Gasteiger charge is -2.14. The first-order chi connectivity index (χ1) is 14.2. The van der Waals surface area contributed by atoms with Crippen molar-refractivity contribution in [1.29, 1.82) is 0 Å². The first-order valence-electron chi connectivity index (χ1n) is 10.4. The Morgan fingerprint density at radius 1 is 0.966 bits per heavy atom. The standard InChI is InChI=1S/C23H31N5O/c1-2-24-23(26-17-22(29)27-21-8-4-3-5-9-21)25-16-19-10-12-20(13-11-19)18-28-14-6-7-15-28/h3-5,8-13H,2,6-7,14-18H2,1H3,(H,27,29)(H2,24,25,26). The maximum Gasteiger partial charge on any atom is 0.243 e. The summed E-state index contributed by atoms with van der Waals surface area (Å²) in [6.07, 6.45) is 2.63. The lowest BCUT2D eigenvalue weighted by atomic mass is 10.1. The number of hydrogen-bond acceptors (Lipinski definition) is 3. The van der Waals surface area contributed by atoms with Gasteiger partial charge in [-0.2, -0.15) is 0 Å². The number of aliphatic imine (C=N–C) groups is 1. The summed E-state index contributed by atoms with van der Waals surface area (Å²) in [6.45, 7) is 6.93. The maximum absolute atomic E-state index is 12.1. The van der Waals surface area contributed by atoms with Gasteiger partial charge in [0.15, 0.2) is 5.96 Å². The number of carbonyl (C=O) groups excluding carboxylic acids is 1. The van der Waals surface area contributed by atoms with Gasteiger partial charge < -0.3 is 16.0 Å². The van der Waals surface area contributed by atoms with Crippen LogP contribution in [0.1, 0.15) is 30.9 Å². The Morgan fingerprint density at radius 3 is 2.34 bits per heavy atom. The van der Waals surface area contributed by atoms with Crippen LogP contribution in [-0.4, -0.2) is 42.9 Å². The monoisotopic (exact) mass is 393 g/mol. The highest BCUT2D eigenvalue weighted by molar-refractivity contribution is 5.94. The van der Waals surface area contributed by atoms with Crippen LogP contribution < -0.4 is 16.0 Å². The van der Waals surface area contributed by atoms with Crippen molar-refractivity contribution in [2.45, 2.75) is 32.9 Å². The van der Waals surface area contributed by atoms with Crippen LogP contribution >= 0.6 is 0 Å². The summed E-state index contributed by atoms with van der Waals surface area (Å²) >= 11 is 0. The van der Waals surface area contributed by atoms with E-state index in [4.69, 9.17) is 0 Å². The van der Waals surface area contributed by atoms with E-state index >= 15 is 0 Å². The minimum absolute atomic E-state index is 0.104. The summed E-state index contributed by atoms with van der Waals surface area (Å²) in [6, 6.07) is 18.1. The van der Waals surface area contributed by atoms with Crippen LogP contribution in [0, 0.1) is 0 Å². The summed E-state index contributed by atoms with van der Waals surface area (Å²) in [5.74, 6) is 0.532. The molecule has 0 aliphatic carbocycles. The van der Waals surface area contributed by atoms with Crippen LogP contribution in [0.4, 0.5) is 5.69 Å².